The number of hydrogen-bond acceptors (Lipinski definition) is 3. The van der Waals surface area contributed by atoms with Crippen molar-refractivity contribution in [3.05, 3.63) is 17.0 Å². The highest BCUT2D eigenvalue weighted by molar-refractivity contribution is 5.29. The second-order valence-electron chi connectivity index (χ2n) is 6.24. The Labute approximate surface area is 123 Å². The van der Waals surface area contributed by atoms with Gasteiger partial charge < -0.3 is 5.32 Å². The van der Waals surface area contributed by atoms with Crippen LogP contribution in [0.15, 0.2) is 0 Å². The maximum atomic E-state index is 4.62. The van der Waals surface area contributed by atoms with Gasteiger partial charge in [-0.2, -0.15) is 5.10 Å². The van der Waals surface area contributed by atoms with Gasteiger partial charge in [-0.25, -0.2) is 0 Å². The van der Waals surface area contributed by atoms with Gasteiger partial charge in [-0.15, -0.1) is 0 Å². The zero-order chi connectivity index (χ0) is 14.7. The summed E-state index contributed by atoms with van der Waals surface area (Å²) >= 11 is 0. The van der Waals surface area contributed by atoms with E-state index >= 15 is 0 Å². The lowest BCUT2D eigenvalue weighted by atomic mass is 9.84. The van der Waals surface area contributed by atoms with Crippen molar-refractivity contribution in [3.8, 4) is 0 Å². The van der Waals surface area contributed by atoms with Gasteiger partial charge in [0.2, 0.25) is 0 Å². The Hall–Kier alpha value is -0.870. The highest BCUT2D eigenvalue weighted by Gasteiger charge is 2.33. The Morgan fingerprint density at radius 2 is 2.05 bits per heavy atom. The molecule has 0 aromatic carbocycles. The van der Waals surface area contributed by atoms with Gasteiger partial charge in [0.15, 0.2) is 0 Å². The normalized spacial score (nSPS) is 24.2. The van der Waals surface area contributed by atoms with E-state index in [-0.39, 0.29) is 0 Å². The van der Waals surface area contributed by atoms with Crippen molar-refractivity contribution in [3.63, 3.8) is 0 Å². The Kier molecular flexibility index (Phi) is 5.22. The van der Waals surface area contributed by atoms with Crippen molar-refractivity contribution >= 4 is 0 Å². The van der Waals surface area contributed by atoms with Gasteiger partial charge in [-0.1, -0.05) is 6.92 Å². The first-order valence-corrected chi connectivity index (χ1v) is 7.97. The molecule has 4 heteroatoms. The molecule has 20 heavy (non-hydrogen) atoms. The largest absolute Gasteiger partial charge is 0.316 e. The van der Waals surface area contributed by atoms with Crippen LogP contribution in [0.25, 0.3) is 0 Å². The topological polar surface area (TPSA) is 33.1 Å². The van der Waals surface area contributed by atoms with E-state index in [4.69, 9.17) is 0 Å². The maximum absolute atomic E-state index is 4.62. The molecule has 1 fully saturated rings. The fourth-order valence-electron chi connectivity index (χ4n) is 3.61. The third kappa shape index (κ3) is 3.07. The van der Waals surface area contributed by atoms with Crippen molar-refractivity contribution < 1.29 is 0 Å². The van der Waals surface area contributed by atoms with Crippen LogP contribution >= 0.6 is 0 Å². The Morgan fingerprint density at radius 3 is 2.65 bits per heavy atom. The number of nitrogens with one attached hydrogen (secondary N) is 1. The van der Waals surface area contributed by atoms with Crippen LogP contribution in [0.5, 0.6) is 0 Å². The van der Waals surface area contributed by atoms with Crippen molar-refractivity contribution in [2.24, 2.45) is 13.0 Å². The molecule has 0 radical (unpaired) electrons. The predicted molar refractivity (Wildman–Crippen MR) is 83.9 cm³/mol. The van der Waals surface area contributed by atoms with E-state index < -0.39 is 0 Å². The molecule has 0 aliphatic carbocycles. The summed E-state index contributed by atoms with van der Waals surface area (Å²) in [5.41, 5.74) is 3.98. The van der Waals surface area contributed by atoms with Crippen LogP contribution in [0.4, 0.5) is 0 Å². The summed E-state index contributed by atoms with van der Waals surface area (Å²) in [5.74, 6) is 0.696. The SMILES string of the molecule is CCCNCC1CCCN(C)C1c1c(C)nn(C)c1C. The lowest BCUT2D eigenvalue weighted by Gasteiger charge is -2.40. The minimum atomic E-state index is 0.516. The molecule has 114 valence electrons. The quantitative estimate of drug-likeness (QED) is 0.840. The minimum Gasteiger partial charge on any atom is -0.316 e. The summed E-state index contributed by atoms with van der Waals surface area (Å²) in [5, 5.41) is 8.24. The van der Waals surface area contributed by atoms with Crippen LogP contribution in [-0.4, -0.2) is 41.4 Å². The number of piperidine rings is 1. The molecule has 2 rings (SSSR count). The van der Waals surface area contributed by atoms with E-state index in [1.54, 1.807) is 0 Å². The van der Waals surface area contributed by atoms with Crippen LogP contribution in [-0.2, 0) is 7.05 Å². The van der Waals surface area contributed by atoms with Crippen molar-refractivity contribution in [1.82, 2.24) is 20.0 Å². The van der Waals surface area contributed by atoms with Crippen LogP contribution < -0.4 is 5.32 Å². The number of hydrogen-bond donors (Lipinski definition) is 1. The molecule has 1 saturated heterocycles. The van der Waals surface area contributed by atoms with Crippen molar-refractivity contribution in [2.45, 2.75) is 46.1 Å². The third-order valence-electron chi connectivity index (χ3n) is 4.70. The molecule has 2 atom stereocenters. The molecule has 1 aliphatic heterocycles. The zero-order valence-corrected chi connectivity index (χ0v) is 13.7. The molecule has 2 unspecified atom stereocenters. The van der Waals surface area contributed by atoms with Gasteiger partial charge in [0, 0.05) is 24.3 Å². The van der Waals surface area contributed by atoms with Gasteiger partial charge in [0.1, 0.15) is 0 Å². The molecule has 1 aromatic heterocycles. The van der Waals surface area contributed by atoms with Gasteiger partial charge in [0.05, 0.1) is 5.69 Å². The summed E-state index contributed by atoms with van der Waals surface area (Å²) in [6.07, 6.45) is 3.83. The second kappa shape index (κ2) is 6.72. The van der Waals surface area contributed by atoms with Crippen molar-refractivity contribution in [1.29, 1.82) is 0 Å². The number of aromatic nitrogens is 2. The first-order chi connectivity index (χ1) is 9.56. The summed E-state index contributed by atoms with van der Waals surface area (Å²) in [7, 11) is 4.32. The molecule has 1 aliphatic rings. The lowest BCUT2D eigenvalue weighted by molar-refractivity contribution is 0.118. The third-order valence-corrected chi connectivity index (χ3v) is 4.70. The summed E-state index contributed by atoms with van der Waals surface area (Å²) in [4.78, 5) is 2.53. The Morgan fingerprint density at radius 1 is 1.30 bits per heavy atom. The summed E-state index contributed by atoms with van der Waals surface area (Å²) in [6.45, 7) is 10.0. The molecule has 0 saturated carbocycles. The number of rotatable bonds is 5. The molecule has 2 heterocycles. The monoisotopic (exact) mass is 278 g/mol. The second-order valence-corrected chi connectivity index (χ2v) is 6.24. The minimum absolute atomic E-state index is 0.516. The van der Waals surface area contributed by atoms with E-state index in [0.717, 1.165) is 13.1 Å². The fourth-order valence-corrected chi connectivity index (χ4v) is 3.61. The Balaban J connectivity index is 2.23. The van der Waals surface area contributed by atoms with Crippen LogP contribution in [0, 0.1) is 19.8 Å². The average Bonchev–Trinajstić information content (AvgIpc) is 2.65. The fraction of sp³-hybridized carbons (Fsp3) is 0.812. The van der Waals surface area contributed by atoms with E-state index in [1.807, 2.05) is 4.68 Å². The molecule has 1 N–H and O–H groups in total. The summed E-state index contributed by atoms with van der Waals surface area (Å²) < 4.78 is 2.03. The maximum Gasteiger partial charge on any atom is 0.0644 e. The highest BCUT2D eigenvalue weighted by atomic mass is 15.3. The smallest absolute Gasteiger partial charge is 0.0644 e. The first-order valence-electron chi connectivity index (χ1n) is 7.97. The lowest BCUT2D eigenvalue weighted by Crippen LogP contribution is -2.41. The summed E-state index contributed by atoms with van der Waals surface area (Å²) in [6, 6.07) is 0.516. The van der Waals surface area contributed by atoms with Crippen LogP contribution in [0.1, 0.15) is 49.2 Å². The van der Waals surface area contributed by atoms with Gasteiger partial charge in [-0.05, 0) is 65.7 Å². The average molecular weight is 278 g/mol. The number of nitrogens with zero attached hydrogens (tertiary/aromatic N) is 3. The molecule has 4 nitrogen and oxygen atoms in total. The number of aryl methyl sites for hydroxylation is 2. The van der Waals surface area contributed by atoms with E-state index in [0.29, 0.717) is 12.0 Å². The standard InChI is InChI=1S/C16H30N4/c1-6-9-17-11-14-8-7-10-19(4)16(14)15-12(2)18-20(5)13(15)3/h14,16-17H,6-11H2,1-5H3. The highest BCUT2D eigenvalue weighted by Crippen LogP contribution is 2.37. The van der Waals surface area contributed by atoms with E-state index in [1.165, 1.54) is 42.8 Å². The molecule has 0 spiro atoms. The predicted octanol–water partition coefficient (Wildman–Crippen LogP) is 2.42. The first kappa shape index (κ1) is 15.5. The molecule has 0 bridgehead atoms. The molecular weight excluding hydrogens is 248 g/mol. The molecule has 1 aromatic rings. The van der Waals surface area contributed by atoms with Crippen LogP contribution in [0.3, 0.4) is 0 Å². The zero-order valence-electron chi connectivity index (χ0n) is 13.7. The number of likely N-dealkylation sites (tertiary alicyclic amines) is 1. The molecular formula is C16H30N4. The van der Waals surface area contributed by atoms with Crippen LogP contribution in [0.2, 0.25) is 0 Å². The van der Waals surface area contributed by atoms with E-state index in [2.05, 4.69) is 50.2 Å². The molecule has 0 amide bonds. The van der Waals surface area contributed by atoms with Gasteiger partial charge in [-0.3, -0.25) is 9.58 Å². The van der Waals surface area contributed by atoms with Gasteiger partial charge in [0.25, 0.3) is 0 Å². The van der Waals surface area contributed by atoms with Gasteiger partial charge >= 0.3 is 0 Å². The Bertz CT molecular complexity index is 438. The van der Waals surface area contributed by atoms with Crippen molar-refractivity contribution in [2.75, 3.05) is 26.7 Å². The van der Waals surface area contributed by atoms with E-state index in [9.17, 15) is 0 Å².